The Balaban J connectivity index is 2.05. The van der Waals surface area contributed by atoms with Gasteiger partial charge in [-0.25, -0.2) is 4.79 Å². The lowest BCUT2D eigenvalue weighted by Crippen LogP contribution is -2.01. The fraction of sp³-hybridized carbons (Fsp3) is 0.0833. The maximum absolute atomic E-state index is 11.4. The number of nitrogens with one attached hydrogen (secondary N) is 1. The highest BCUT2D eigenvalue weighted by Crippen LogP contribution is 2.22. The van der Waals surface area contributed by atoms with E-state index in [1.165, 1.54) is 18.4 Å². The predicted molar refractivity (Wildman–Crippen MR) is 71.1 cm³/mol. The predicted octanol–water partition coefficient (Wildman–Crippen LogP) is 2.38. The maximum atomic E-state index is 11.4. The first kappa shape index (κ1) is 12.3. The molecule has 0 amide bonds. The van der Waals surface area contributed by atoms with Gasteiger partial charge in [0.05, 0.1) is 19.0 Å². The van der Waals surface area contributed by atoms with E-state index < -0.39 is 0 Å². The van der Waals surface area contributed by atoms with Crippen molar-refractivity contribution in [1.82, 2.24) is 4.98 Å². The molecule has 0 fully saturated rings. The standard InChI is InChI=1S/C12H11N3O2S/c1-17-12(16)11-10(4-6-18-11)15-14-8-9-3-2-5-13-7-9/h2-8,15H,1H3. The monoisotopic (exact) mass is 261 g/mol. The van der Waals surface area contributed by atoms with Gasteiger partial charge in [0, 0.05) is 18.0 Å². The Bertz CT molecular complexity index is 551. The highest BCUT2D eigenvalue weighted by atomic mass is 32.1. The molecule has 1 N–H and O–H groups in total. The van der Waals surface area contributed by atoms with Gasteiger partial charge in [-0.2, -0.15) is 5.10 Å². The smallest absolute Gasteiger partial charge is 0.350 e. The Hall–Kier alpha value is -2.21. The van der Waals surface area contributed by atoms with Crippen LogP contribution >= 0.6 is 11.3 Å². The molecule has 0 saturated heterocycles. The lowest BCUT2D eigenvalue weighted by atomic mass is 10.3. The lowest BCUT2D eigenvalue weighted by molar-refractivity contribution is 0.0607. The normalized spacial score (nSPS) is 10.5. The van der Waals surface area contributed by atoms with E-state index in [1.807, 2.05) is 12.1 Å². The van der Waals surface area contributed by atoms with Gasteiger partial charge in [-0.05, 0) is 17.5 Å². The number of anilines is 1. The van der Waals surface area contributed by atoms with Crippen molar-refractivity contribution < 1.29 is 9.53 Å². The van der Waals surface area contributed by atoms with Crippen LogP contribution in [0, 0.1) is 0 Å². The zero-order valence-corrected chi connectivity index (χ0v) is 10.5. The molecule has 0 atom stereocenters. The average molecular weight is 261 g/mol. The first-order valence-electron chi connectivity index (χ1n) is 5.16. The third-order valence-electron chi connectivity index (χ3n) is 2.12. The van der Waals surface area contributed by atoms with Gasteiger partial charge in [0.25, 0.3) is 0 Å². The molecule has 2 rings (SSSR count). The summed E-state index contributed by atoms with van der Waals surface area (Å²) >= 11 is 1.31. The zero-order valence-electron chi connectivity index (χ0n) is 9.66. The summed E-state index contributed by atoms with van der Waals surface area (Å²) in [6, 6.07) is 5.48. The third kappa shape index (κ3) is 2.92. The first-order valence-corrected chi connectivity index (χ1v) is 6.04. The molecule has 0 saturated carbocycles. The number of methoxy groups -OCH3 is 1. The van der Waals surface area contributed by atoms with E-state index in [0.29, 0.717) is 10.6 Å². The molecule has 0 spiro atoms. The fourth-order valence-electron chi connectivity index (χ4n) is 1.28. The number of carbonyl (C=O) groups excluding carboxylic acids is 1. The fourth-order valence-corrected chi connectivity index (χ4v) is 2.04. The molecule has 0 bridgehead atoms. The van der Waals surface area contributed by atoms with Gasteiger partial charge in [0.1, 0.15) is 4.88 Å². The summed E-state index contributed by atoms with van der Waals surface area (Å²) in [5.41, 5.74) is 4.31. The van der Waals surface area contributed by atoms with Crippen LogP contribution in [0.2, 0.25) is 0 Å². The minimum absolute atomic E-state index is 0.371. The Kier molecular flexibility index (Phi) is 4.03. The summed E-state index contributed by atoms with van der Waals surface area (Å²) in [5.74, 6) is -0.371. The first-order chi connectivity index (χ1) is 8.81. The molecule has 0 aliphatic heterocycles. The molecule has 92 valence electrons. The number of ether oxygens (including phenoxy) is 1. The van der Waals surface area contributed by atoms with Crippen molar-refractivity contribution in [3.8, 4) is 0 Å². The van der Waals surface area contributed by atoms with Crippen LogP contribution in [0.4, 0.5) is 5.69 Å². The molecular weight excluding hydrogens is 250 g/mol. The van der Waals surface area contributed by atoms with Gasteiger partial charge in [-0.3, -0.25) is 10.4 Å². The number of rotatable bonds is 4. The van der Waals surface area contributed by atoms with E-state index in [-0.39, 0.29) is 5.97 Å². The summed E-state index contributed by atoms with van der Waals surface area (Å²) < 4.78 is 4.67. The van der Waals surface area contributed by atoms with Gasteiger partial charge in [0.15, 0.2) is 0 Å². The largest absolute Gasteiger partial charge is 0.465 e. The lowest BCUT2D eigenvalue weighted by Gasteiger charge is -2.00. The summed E-state index contributed by atoms with van der Waals surface area (Å²) in [6.45, 7) is 0. The molecule has 0 aromatic carbocycles. The number of hydrogen-bond acceptors (Lipinski definition) is 6. The summed E-state index contributed by atoms with van der Waals surface area (Å²) in [7, 11) is 1.35. The molecule has 6 heteroatoms. The quantitative estimate of drug-likeness (QED) is 0.521. The maximum Gasteiger partial charge on any atom is 0.350 e. The third-order valence-corrected chi connectivity index (χ3v) is 3.01. The molecule has 0 radical (unpaired) electrons. The van der Waals surface area contributed by atoms with E-state index in [1.54, 1.807) is 30.1 Å². The molecule has 0 aliphatic carbocycles. The Morgan fingerprint density at radius 2 is 2.44 bits per heavy atom. The molecule has 2 aromatic rings. The minimum atomic E-state index is -0.371. The zero-order chi connectivity index (χ0) is 12.8. The van der Waals surface area contributed by atoms with Crippen molar-refractivity contribution in [2.24, 2.45) is 5.10 Å². The molecular formula is C12H11N3O2S. The van der Waals surface area contributed by atoms with Crippen LogP contribution in [0.25, 0.3) is 0 Å². The molecule has 2 heterocycles. The number of nitrogens with zero attached hydrogens (tertiary/aromatic N) is 2. The minimum Gasteiger partial charge on any atom is -0.465 e. The van der Waals surface area contributed by atoms with Crippen LogP contribution in [0.3, 0.4) is 0 Å². The van der Waals surface area contributed by atoms with Crippen LogP contribution < -0.4 is 5.43 Å². The van der Waals surface area contributed by atoms with Crippen LogP contribution in [-0.2, 0) is 4.74 Å². The second-order valence-corrected chi connectivity index (χ2v) is 4.23. The van der Waals surface area contributed by atoms with Crippen LogP contribution in [0.5, 0.6) is 0 Å². The number of aromatic nitrogens is 1. The molecule has 18 heavy (non-hydrogen) atoms. The number of hydrogen-bond donors (Lipinski definition) is 1. The molecule has 0 aliphatic rings. The van der Waals surface area contributed by atoms with Crippen molar-refractivity contribution >= 4 is 29.2 Å². The van der Waals surface area contributed by atoms with Gasteiger partial charge >= 0.3 is 5.97 Å². The van der Waals surface area contributed by atoms with E-state index in [0.717, 1.165) is 5.56 Å². The van der Waals surface area contributed by atoms with E-state index >= 15 is 0 Å². The topological polar surface area (TPSA) is 63.6 Å². The van der Waals surface area contributed by atoms with E-state index in [9.17, 15) is 4.79 Å². The highest BCUT2D eigenvalue weighted by Gasteiger charge is 2.12. The summed E-state index contributed by atoms with van der Waals surface area (Å²) in [5, 5.41) is 5.85. The highest BCUT2D eigenvalue weighted by molar-refractivity contribution is 7.12. The van der Waals surface area contributed by atoms with Crippen molar-refractivity contribution in [3.63, 3.8) is 0 Å². The SMILES string of the molecule is COC(=O)c1sccc1NN=Cc1cccnc1. The summed E-state index contributed by atoms with van der Waals surface area (Å²) in [6.07, 6.45) is 5.02. The van der Waals surface area contributed by atoms with Crippen LogP contribution in [-0.4, -0.2) is 24.3 Å². The van der Waals surface area contributed by atoms with Crippen molar-refractivity contribution in [2.75, 3.05) is 12.5 Å². The average Bonchev–Trinajstić information content (AvgIpc) is 2.87. The van der Waals surface area contributed by atoms with E-state index in [2.05, 4.69) is 20.2 Å². The number of carbonyl (C=O) groups is 1. The van der Waals surface area contributed by atoms with Crippen molar-refractivity contribution in [3.05, 3.63) is 46.4 Å². The van der Waals surface area contributed by atoms with Gasteiger partial charge in [0.2, 0.25) is 0 Å². The second kappa shape index (κ2) is 5.92. The molecule has 2 aromatic heterocycles. The van der Waals surface area contributed by atoms with E-state index in [4.69, 9.17) is 0 Å². The Morgan fingerprint density at radius 1 is 1.56 bits per heavy atom. The van der Waals surface area contributed by atoms with Gasteiger partial charge in [-0.1, -0.05) is 6.07 Å². The van der Waals surface area contributed by atoms with Crippen molar-refractivity contribution in [1.29, 1.82) is 0 Å². The molecule has 5 nitrogen and oxygen atoms in total. The number of hydrazone groups is 1. The number of esters is 1. The molecule has 0 unspecified atom stereocenters. The Morgan fingerprint density at radius 3 is 3.17 bits per heavy atom. The summed E-state index contributed by atoms with van der Waals surface area (Å²) in [4.78, 5) is 15.9. The second-order valence-electron chi connectivity index (χ2n) is 3.31. The number of pyridine rings is 1. The van der Waals surface area contributed by atoms with Gasteiger partial charge in [-0.15, -0.1) is 11.3 Å². The number of thiophene rings is 1. The van der Waals surface area contributed by atoms with Crippen LogP contribution in [0.1, 0.15) is 15.2 Å². The van der Waals surface area contributed by atoms with Crippen molar-refractivity contribution in [2.45, 2.75) is 0 Å². The van der Waals surface area contributed by atoms with Crippen LogP contribution in [0.15, 0.2) is 41.1 Å². The Labute approximate surface area is 108 Å². The van der Waals surface area contributed by atoms with Gasteiger partial charge < -0.3 is 4.74 Å².